The number of carbonyl (C=O) groups is 1. The largest absolute Gasteiger partial charge is 0.320 e. The number of thiazole rings is 1. The van der Waals surface area contributed by atoms with Crippen molar-refractivity contribution in [3.8, 4) is 0 Å². The van der Waals surface area contributed by atoms with E-state index in [0.717, 1.165) is 16.1 Å². The Labute approximate surface area is 116 Å². The van der Waals surface area contributed by atoms with E-state index in [1.54, 1.807) is 0 Å². The molecule has 1 heterocycles. The molecule has 1 aromatic heterocycles. The molecule has 0 aliphatic carbocycles. The molecule has 1 aromatic carbocycles. The van der Waals surface area contributed by atoms with Crippen molar-refractivity contribution in [3.63, 3.8) is 0 Å². The first-order valence-electron chi connectivity index (χ1n) is 6.10. The highest BCUT2D eigenvalue weighted by atomic mass is 32.1. The molecular weight excluding hydrogens is 258 g/mol. The van der Waals surface area contributed by atoms with Crippen LogP contribution in [0.4, 0.5) is 5.13 Å². The van der Waals surface area contributed by atoms with Gasteiger partial charge in [0.15, 0.2) is 5.13 Å². The molecule has 0 bridgehead atoms. The van der Waals surface area contributed by atoms with E-state index in [-0.39, 0.29) is 5.91 Å². The summed E-state index contributed by atoms with van der Waals surface area (Å²) in [4.78, 5) is 17.3. The summed E-state index contributed by atoms with van der Waals surface area (Å²) < 4.78 is 0. The molecule has 0 fully saturated rings. The molecule has 0 aliphatic heterocycles. The highest BCUT2D eigenvalue weighted by Gasteiger charge is 2.16. The summed E-state index contributed by atoms with van der Waals surface area (Å²) in [5, 5.41) is 3.38. The van der Waals surface area contributed by atoms with Crippen LogP contribution >= 0.6 is 11.3 Å². The number of hydrogen-bond donors (Lipinski definition) is 2. The predicted molar refractivity (Wildman–Crippen MR) is 78.3 cm³/mol. The Bertz CT molecular complexity index is 546. The lowest BCUT2D eigenvalue weighted by atomic mass is 10.1. The Morgan fingerprint density at radius 2 is 2.05 bits per heavy atom. The number of nitrogens with one attached hydrogen (secondary N) is 1. The zero-order valence-electron chi connectivity index (χ0n) is 11.0. The number of benzene rings is 1. The summed E-state index contributed by atoms with van der Waals surface area (Å²) in [5.41, 5.74) is 7.90. The van der Waals surface area contributed by atoms with Crippen LogP contribution in [-0.4, -0.2) is 16.9 Å². The molecule has 4 nitrogen and oxygen atoms in total. The first-order valence-corrected chi connectivity index (χ1v) is 6.92. The number of rotatable bonds is 4. The highest BCUT2D eigenvalue weighted by Crippen LogP contribution is 2.21. The first kappa shape index (κ1) is 13.7. The average molecular weight is 275 g/mol. The van der Waals surface area contributed by atoms with E-state index < -0.39 is 6.04 Å². The molecule has 1 atom stereocenters. The van der Waals surface area contributed by atoms with Crippen LogP contribution in [0, 0.1) is 13.8 Å². The smallest absolute Gasteiger partial charge is 0.243 e. The number of amides is 1. The average Bonchev–Trinajstić information content (AvgIpc) is 2.69. The lowest BCUT2D eigenvalue weighted by Crippen LogP contribution is -2.37. The molecule has 3 N–H and O–H groups in total. The second kappa shape index (κ2) is 5.95. The minimum atomic E-state index is -0.563. The second-order valence-corrected chi connectivity index (χ2v) is 5.65. The van der Waals surface area contributed by atoms with Gasteiger partial charge in [-0.2, -0.15) is 0 Å². The second-order valence-electron chi connectivity index (χ2n) is 4.45. The van der Waals surface area contributed by atoms with Gasteiger partial charge in [0, 0.05) is 4.88 Å². The summed E-state index contributed by atoms with van der Waals surface area (Å²) in [6.07, 6.45) is 0.524. The van der Waals surface area contributed by atoms with Crippen LogP contribution in [0.2, 0.25) is 0 Å². The molecule has 2 rings (SSSR count). The molecule has 2 aromatic rings. The fourth-order valence-electron chi connectivity index (χ4n) is 1.69. The molecule has 19 heavy (non-hydrogen) atoms. The number of carbonyl (C=O) groups excluding carboxylic acids is 1. The Morgan fingerprint density at radius 1 is 1.37 bits per heavy atom. The SMILES string of the molecule is Cc1nc(NC(=O)[C@H](N)Cc2ccccc2)sc1C. The third-order valence-electron chi connectivity index (χ3n) is 2.89. The van der Waals surface area contributed by atoms with Gasteiger partial charge in [-0.3, -0.25) is 4.79 Å². The van der Waals surface area contributed by atoms with Gasteiger partial charge in [0.25, 0.3) is 0 Å². The third-order valence-corrected chi connectivity index (χ3v) is 3.88. The van der Waals surface area contributed by atoms with Crippen molar-refractivity contribution in [1.82, 2.24) is 4.98 Å². The lowest BCUT2D eigenvalue weighted by Gasteiger charge is -2.10. The normalized spacial score (nSPS) is 12.2. The van der Waals surface area contributed by atoms with E-state index in [2.05, 4.69) is 10.3 Å². The number of anilines is 1. The Kier molecular flexibility index (Phi) is 4.29. The van der Waals surface area contributed by atoms with E-state index in [1.807, 2.05) is 44.2 Å². The van der Waals surface area contributed by atoms with Gasteiger partial charge < -0.3 is 11.1 Å². The standard InChI is InChI=1S/C14H17N3OS/c1-9-10(2)19-14(16-9)17-13(18)12(15)8-11-6-4-3-5-7-11/h3-7,12H,8,15H2,1-2H3,(H,16,17,18)/t12-/m1/s1. The van der Waals surface area contributed by atoms with Crippen LogP contribution in [-0.2, 0) is 11.2 Å². The highest BCUT2D eigenvalue weighted by molar-refractivity contribution is 7.15. The van der Waals surface area contributed by atoms with Gasteiger partial charge in [-0.05, 0) is 25.8 Å². The van der Waals surface area contributed by atoms with Crippen molar-refractivity contribution in [2.24, 2.45) is 5.73 Å². The fraction of sp³-hybridized carbons (Fsp3) is 0.286. The Hall–Kier alpha value is -1.72. The number of nitrogens with zero attached hydrogens (tertiary/aromatic N) is 1. The van der Waals surface area contributed by atoms with E-state index in [0.29, 0.717) is 11.6 Å². The molecule has 0 unspecified atom stereocenters. The Morgan fingerprint density at radius 3 is 2.63 bits per heavy atom. The van der Waals surface area contributed by atoms with Gasteiger partial charge in [-0.15, -0.1) is 11.3 Å². The summed E-state index contributed by atoms with van der Waals surface area (Å²) in [7, 11) is 0. The number of hydrogen-bond acceptors (Lipinski definition) is 4. The molecular formula is C14H17N3OS. The maximum atomic E-state index is 12.0. The van der Waals surface area contributed by atoms with Crippen molar-refractivity contribution in [2.75, 3.05) is 5.32 Å². The molecule has 1 amide bonds. The minimum Gasteiger partial charge on any atom is -0.320 e. The summed E-state index contributed by atoms with van der Waals surface area (Å²) in [6.45, 7) is 3.90. The van der Waals surface area contributed by atoms with Crippen LogP contribution in [0.25, 0.3) is 0 Å². The summed E-state index contributed by atoms with van der Waals surface area (Å²) in [6, 6.07) is 9.18. The number of aryl methyl sites for hydroxylation is 2. The van der Waals surface area contributed by atoms with E-state index in [1.165, 1.54) is 11.3 Å². The summed E-state index contributed by atoms with van der Waals surface area (Å²) >= 11 is 1.47. The first-order chi connectivity index (χ1) is 9.06. The fourth-order valence-corrected chi connectivity index (χ4v) is 2.50. The molecule has 0 radical (unpaired) electrons. The monoisotopic (exact) mass is 275 g/mol. The van der Waals surface area contributed by atoms with E-state index in [9.17, 15) is 4.79 Å². The van der Waals surface area contributed by atoms with Gasteiger partial charge in [0.1, 0.15) is 0 Å². The van der Waals surface area contributed by atoms with Gasteiger partial charge in [0.2, 0.25) is 5.91 Å². The zero-order chi connectivity index (χ0) is 13.8. The van der Waals surface area contributed by atoms with Crippen molar-refractivity contribution in [2.45, 2.75) is 26.3 Å². The van der Waals surface area contributed by atoms with Crippen molar-refractivity contribution in [1.29, 1.82) is 0 Å². The zero-order valence-corrected chi connectivity index (χ0v) is 11.8. The third kappa shape index (κ3) is 3.62. The van der Waals surface area contributed by atoms with Crippen molar-refractivity contribution in [3.05, 3.63) is 46.5 Å². The van der Waals surface area contributed by atoms with Crippen LogP contribution in [0.5, 0.6) is 0 Å². The molecule has 100 valence electrons. The molecule has 0 aliphatic rings. The van der Waals surface area contributed by atoms with Crippen molar-refractivity contribution >= 4 is 22.4 Å². The maximum Gasteiger partial charge on any atom is 0.243 e. The van der Waals surface area contributed by atoms with Crippen LogP contribution < -0.4 is 11.1 Å². The maximum absolute atomic E-state index is 12.0. The molecule has 0 saturated carbocycles. The van der Waals surface area contributed by atoms with E-state index >= 15 is 0 Å². The van der Waals surface area contributed by atoms with Crippen LogP contribution in [0.3, 0.4) is 0 Å². The van der Waals surface area contributed by atoms with Gasteiger partial charge in [-0.1, -0.05) is 30.3 Å². The number of aromatic nitrogens is 1. The lowest BCUT2D eigenvalue weighted by molar-refractivity contribution is -0.117. The van der Waals surface area contributed by atoms with Gasteiger partial charge in [-0.25, -0.2) is 4.98 Å². The van der Waals surface area contributed by atoms with Crippen LogP contribution in [0.15, 0.2) is 30.3 Å². The van der Waals surface area contributed by atoms with Crippen LogP contribution in [0.1, 0.15) is 16.1 Å². The quantitative estimate of drug-likeness (QED) is 0.899. The minimum absolute atomic E-state index is 0.197. The molecule has 0 saturated heterocycles. The Balaban J connectivity index is 1.96. The summed E-state index contributed by atoms with van der Waals surface area (Å²) in [5.74, 6) is -0.197. The molecule has 5 heteroatoms. The van der Waals surface area contributed by atoms with Crippen molar-refractivity contribution < 1.29 is 4.79 Å². The van der Waals surface area contributed by atoms with Gasteiger partial charge in [0.05, 0.1) is 11.7 Å². The topological polar surface area (TPSA) is 68.0 Å². The van der Waals surface area contributed by atoms with E-state index in [4.69, 9.17) is 5.73 Å². The van der Waals surface area contributed by atoms with Gasteiger partial charge >= 0.3 is 0 Å². The predicted octanol–water partition coefficient (Wildman–Crippen LogP) is 2.27. The molecule has 0 spiro atoms. The number of nitrogens with two attached hydrogens (primary N) is 1.